The van der Waals surface area contributed by atoms with Crippen molar-refractivity contribution in [3.63, 3.8) is 0 Å². The van der Waals surface area contributed by atoms with Gasteiger partial charge in [0.15, 0.2) is 11.5 Å². The second-order valence-corrected chi connectivity index (χ2v) is 7.05. The van der Waals surface area contributed by atoms with Crippen LogP contribution in [0.5, 0.6) is 11.5 Å². The number of hydrogen-bond acceptors (Lipinski definition) is 4. The lowest BCUT2D eigenvalue weighted by atomic mass is 9.84. The van der Waals surface area contributed by atoms with Gasteiger partial charge in [0.25, 0.3) is 5.91 Å². The summed E-state index contributed by atoms with van der Waals surface area (Å²) in [5.74, 6) is 0.00964. The average molecular weight is 411 g/mol. The van der Waals surface area contributed by atoms with Crippen LogP contribution < -0.4 is 20.3 Å². The fraction of sp³-hybridized carbons (Fsp3) is 0.263. The molecule has 0 unspecified atom stereocenters. The fourth-order valence-corrected chi connectivity index (χ4v) is 2.63. The number of halogens is 2. The van der Waals surface area contributed by atoms with Gasteiger partial charge in [0.05, 0.1) is 29.7 Å². The molecule has 0 saturated heterocycles. The third kappa shape index (κ3) is 4.64. The normalized spacial score (nSPS) is 10.9. The number of hydrazine groups is 1. The lowest BCUT2D eigenvalue weighted by molar-refractivity contribution is -0.126. The molecule has 2 aromatic rings. The molecule has 0 aromatic heterocycles. The van der Waals surface area contributed by atoms with Gasteiger partial charge in [0.1, 0.15) is 0 Å². The Labute approximate surface area is 167 Å². The zero-order valence-corrected chi connectivity index (χ0v) is 16.9. The highest BCUT2D eigenvalue weighted by Crippen LogP contribution is 2.30. The molecule has 0 heterocycles. The van der Waals surface area contributed by atoms with Gasteiger partial charge in [-0.1, -0.05) is 29.3 Å². The quantitative estimate of drug-likeness (QED) is 0.735. The maximum Gasteiger partial charge on any atom is 0.269 e. The first kappa shape index (κ1) is 20.9. The molecule has 2 N–H and O–H groups in total. The van der Waals surface area contributed by atoms with Gasteiger partial charge in [-0.05, 0) is 49.7 Å². The van der Waals surface area contributed by atoms with Crippen LogP contribution >= 0.6 is 23.2 Å². The van der Waals surface area contributed by atoms with Crippen molar-refractivity contribution in [2.75, 3.05) is 14.2 Å². The zero-order chi connectivity index (χ0) is 20.2. The molecule has 8 heteroatoms. The molecule has 0 aliphatic heterocycles. The van der Waals surface area contributed by atoms with Crippen molar-refractivity contribution in [2.24, 2.45) is 0 Å². The number of nitrogens with one attached hydrogen (secondary N) is 2. The second-order valence-electron chi connectivity index (χ2n) is 6.23. The van der Waals surface area contributed by atoms with E-state index in [1.165, 1.54) is 20.3 Å². The van der Waals surface area contributed by atoms with Gasteiger partial charge in [-0.2, -0.15) is 0 Å². The summed E-state index contributed by atoms with van der Waals surface area (Å²) >= 11 is 11.9. The standard InChI is InChI=1S/C19H20Cl2N2O4/c1-19(2,12-6-7-13(20)14(21)10-12)18(25)23-22-17(24)11-5-8-15(26-3)16(9-11)27-4/h5-10H,1-4H3,(H,22,24)(H,23,25). The molecule has 0 aliphatic carbocycles. The topological polar surface area (TPSA) is 76.7 Å². The molecule has 2 amide bonds. The lowest BCUT2D eigenvalue weighted by Gasteiger charge is -2.24. The number of benzene rings is 2. The van der Waals surface area contributed by atoms with E-state index in [9.17, 15) is 9.59 Å². The van der Waals surface area contributed by atoms with Crippen LogP contribution in [0.4, 0.5) is 0 Å². The zero-order valence-electron chi connectivity index (χ0n) is 15.4. The second kappa shape index (κ2) is 8.50. The first-order chi connectivity index (χ1) is 12.7. The van der Waals surface area contributed by atoms with E-state index >= 15 is 0 Å². The van der Waals surface area contributed by atoms with Crippen molar-refractivity contribution in [3.05, 3.63) is 57.6 Å². The van der Waals surface area contributed by atoms with Crippen molar-refractivity contribution < 1.29 is 19.1 Å². The third-order valence-electron chi connectivity index (χ3n) is 4.14. The molecule has 2 aromatic carbocycles. The molecule has 0 spiro atoms. The number of amides is 2. The molecule has 144 valence electrons. The number of methoxy groups -OCH3 is 2. The van der Waals surface area contributed by atoms with Gasteiger partial charge < -0.3 is 9.47 Å². The predicted octanol–water partition coefficient (Wildman–Crippen LogP) is 3.75. The van der Waals surface area contributed by atoms with Crippen LogP contribution in [0.15, 0.2) is 36.4 Å². The maximum absolute atomic E-state index is 12.6. The minimum atomic E-state index is -0.945. The summed E-state index contributed by atoms with van der Waals surface area (Å²) in [4.78, 5) is 24.9. The third-order valence-corrected chi connectivity index (χ3v) is 4.88. The fourth-order valence-electron chi connectivity index (χ4n) is 2.34. The lowest BCUT2D eigenvalue weighted by Crippen LogP contribution is -2.49. The van der Waals surface area contributed by atoms with Crippen molar-refractivity contribution in [1.82, 2.24) is 10.9 Å². The Morgan fingerprint density at radius 2 is 1.56 bits per heavy atom. The molecule has 27 heavy (non-hydrogen) atoms. The van der Waals surface area contributed by atoms with Crippen LogP contribution in [0, 0.1) is 0 Å². The largest absolute Gasteiger partial charge is 0.493 e. The summed E-state index contributed by atoms with van der Waals surface area (Å²) in [5, 5.41) is 0.753. The van der Waals surface area contributed by atoms with E-state index in [1.807, 2.05) is 0 Å². The van der Waals surface area contributed by atoms with Crippen LogP contribution in [0.25, 0.3) is 0 Å². The first-order valence-corrected chi connectivity index (χ1v) is 8.74. The van der Waals surface area contributed by atoms with Crippen LogP contribution in [0.1, 0.15) is 29.8 Å². The van der Waals surface area contributed by atoms with Gasteiger partial charge in [0, 0.05) is 5.56 Å². The van der Waals surface area contributed by atoms with E-state index in [2.05, 4.69) is 10.9 Å². The molecule has 0 saturated carbocycles. The van der Waals surface area contributed by atoms with E-state index in [4.69, 9.17) is 32.7 Å². The monoisotopic (exact) mass is 410 g/mol. The van der Waals surface area contributed by atoms with Crippen molar-refractivity contribution in [3.8, 4) is 11.5 Å². The highest BCUT2D eigenvalue weighted by molar-refractivity contribution is 6.42. The van der Waals surface area contributed by atoms with E-state index in [1.54, 1.807) is 44.2 Å². The first-order valence-electron chi connectivity index (χ1n) is 7.99. The number of rotatable bonds is 5. The van der Waals surface area contributed by atoms with E-state index in [-0.39, 0.29) is 0 Å². The average Bonchev–Trinajstić information content (AvgIpc) is 2.66. The van der Waals surface area contributed by atoms with Gasteiger partial charge in [-0.15, -0.1) is 0 Å². The van der Waals surface area contributed by atoms with Crippen LogP contribution in [-0.4, -0.2) is 26.0 Å². The molecule has 0 bridgehead atoms. The summed E-state index contributed by atoms with van der Waals surface area (Å²) in [6.07, 6.45) is 0. The summed E-state index contributed by atoms with van der Waals surface area (Å²) in [6, 6.07) is 9.65. The number of hydrogen-bond donors (Lipinski definition) is 2. The Bertz CT molecular complexity index is 869. The van der Waals surface area contributed by atoms with Gasteiger partial charge in [0.2, 0.25) is 5.91 Å². The van der Waals surface area contributed by atoms with Crippen LogP contribution in [0.2, 0.25) is 10.0 Å². The Morgan fingerprint density at radius 1 is 0.889 bits per heavy atom. The van der Waals surface area contributed by atoms with E-state index in [0.29, 0.717) is 32.7 Å². The minimum Gasteiger partial charge on any atom is -0.493 e. The van der Waals surface area contributed by atoms with Crippen molar-refractivity contribution in [1.29, 1.82) is 0 Å². The molecular formula is C19H20Cl2N2O4. The van der Waals surface area contributed by atoms with Gasteiger partial charge in [-0.25, -0.2) is 0 Å². The molecule has 0 aliphatic rings. The summed E-state index contributed by atoms with van der Waals surface area (Å²) in [7, 11) is 2.98. The predicted molar refractivity (Wildman–Crippen MR) is 105 cm³/mol. The number of carbonyl (C=O) groups is 2. The molecular weight excluding hydrogens is 391 g/mol. The van der Waals surface area contributed by atoms with E-state index in [0.717, 1.165) is 0 Å². The smallest absolute Gasteiger partial charge is 0.269 e. The molecule has 2 rings (SSSR count). The maximum atomic E-state index is 12.6. The summed E-state index contributed by atoms with van der Waals surface area (Å²) in [5.41, 5.74) is 4.85. The highest BCUT2D eigenvalue weighted by atomic mass is 35.5. The number of ether oxygens (including phenoxy) is 2. The Hall–Kier alpha value is -2.44. The Kier molecular flexibility index (Phi) is 6.57. The van der Waals surface area contributed by atoms with Gasteiger partial charge in [-0.3, -0.25) is 20.4 Å². The van der Waals surface area contributed by atoms with Crippen LogP contribution in [0.3, 0.4) is 0 Å². The highest BCUT2D eigenvalue weighted by Gasteiger charge is 2.30. The molecule has 6 nitrogen and oxygen atoms in total. The Balaban J connectivity index is 2.09. The molecule has 0 atom stereocenters. The molecule has 0 fully saturated rings. The summed E-state index contributed by atoms with van der Waals surface area (Å²) < 4.78 is 10.3. The minimum absolute atomic E-state index is 0.306. The van der Waals surface area contributed by atoms with Crippen molar-refractivity contribution >= 4 is 35.0 Å². The number of carbonyl (C=O) groups excluding carboxylic acids is 2. The van der Waals surface area contributed by atoms with Crippen LogP contribution in [-0.2, 0) is 10.2 Å². The van der Waals surface area contributed by atoms with Gasteiger partial charge >= 0.3 is 0 Å². The van der Waals surface area contributed by atoms with E-state index < -0.39 is 17.2 Å². The Morgan fingerprint density at radius 3 is 2.15 bits per heavy atom. The SMILES string of the molecule is COc1ccc(C(=O)NNC(=O)C(C)(C)c2ccc(Cl)c(Cl)c2)cc1OC. The molecule has 0 radical (unpaired) electrons. The van der Waals surface area contributed by atoms with Crippen molar-refractivity contribution in [2.45, 2.75) is 19.3 Å². The summed E-state index contributed by atoms with van der Waals surface area (Å²) in [6.45, 7) is 3.43.